The van der Waals surface area contributed by atoms with Crippen LogP contribution in [0.2, 0.25) is 5.02 Å². The summed E-state index contributed by atoms with van der Waals surface area (Å²) < 4.78 is 18.7. The number of ether oxygens (including phenoxy) is 2. The largest absolute Gasteiger partial charge is 0.455 e. The zero-order valence-corrected chi connectivity index (χ0v) is 22.2. The monoisotopic (exact) mass is 534 g/mol. The lowest BCUT2D eigenvalue weighted by Gasteiger charge is -2.19. The third-order valence-corrected chi connectivity index (χ3v) is 5.91. The minimum Gasteiger partial charge on any atom is -0.455 e. The summed E-state index contributed by atoms with van der Waals surface area (Å²) in [7, 11) is 0. The summed E-state index contributed by atoms with van der Waals surface area (Å²) in [5.41, 5.74) is 3.11. The molecular weight excluding hydrogens is 508 g/mol. The molecule has 0 bridgehead atoms. The standard InChI is InChI=1S/C27H27ClN6O4/c1-16-23-21(6-5-7-22(23)38-33-16)36-20-9-8-17(14-18(20)28)32-25-24-19(30-15-31-25)10-12-34(24)13-11-29-26(35)37-27(2,3)4/h5-10,12,14-15H,11,13H2,1-4H3,(H,29,35)(H,30,31,32). The third-order valence-electron chi connectivity index (χ3n) is 5.62. The topological polar surface area (TPSA) is 116 Å². The van der Waals surface area contributed by atoms with Crippen LogP contribution in [0.1, 0.15) is 26.5 Å². The summed E-state index contributed by atoms with van der Waals surface area (Å²) in [5, 5.41) is 11.3. The Bertz CT molecular complexity index is 1620. The van der Waals surface area contributed by atoms with Gasteiger partial charge in [-0.05, 0) is 64.1 Å². The van der Waals surface area contributed by atoms with Gasteiger partial charge in [-0.3, -0.25) is 0 Å². The highest BCUT2D eigenvalue weighted by atomic mass is 35.5. The van der Waals surface area contributed by atoms with Crippen LogP contribution in [-0.2, 0) is 11.3 Å². The van der Waals surface area contributed by atoms with Crippen LogP contribution in [0.3, 0.4) is 0 Å². The van der Waals surface area contributed by atoms with Crippen molar-refractivity contribution < 1.29 is 18.8 Å². The van der Waals surface area contributed by atoms with Crippen LogP contribution in [-0.4, -0.2) is 37.9 Å². The minimum atomic E-state index is -0.556. The van der Waals surface area contributed by atoms with Gasteiger partial charge in [-0.25, -0.2) is 14.8 Å². The van der Waals surface area contributed by atoms with Gasteiger partial charge in [-0.1, -0.05) is 22.8 Å². The molecule has 0 spiro atoms. The van der Waals surface area contributed by atoms with Crippen molar-refractivity contribution in [3.63, 3.8) is 0 Å². The molecule has 0 aliphatic heterocycles. The van der Waals surface area contributed by atoms with Crippen LogP contribution in [0.15, 0.2) is 59.5 Å². The van der Waals surface area contributed by atoms with Crippen molar-refractivity contribution in [3.8, 4) is 11.5 Å². The number of alkyl carbamates (subject to hydrolysis) is 1. The zero-order chi connectivity index (χ0) is 26.9. The SMILES string of the molecule is Cc1noc2cccc(Oc3ccc(Nc4ncnc5ccn(CCNC(=O)OC(C)(C)C)c45)cc3Cl)c12. The Hall–Kier alpha value is -4.31. The first-order valence-corrected chi connectivity index (χ1v) is 12.4. The normalized spacial score (nSPS) is 11.6. The second-order valence-corrected chi connectivity index (χ2v) is 10.1. The number of hydrogen-bond donors (Lipinski definition) is 2. The van der Waals surface area contributed by atoms with Crippen molar-refractivity contribution in [2.45, 2.75) is 39.8 Å². The highest BCUT2D eigenvalue weighted by Crippen LogP contribution is 2.37. The van der Waals surface area contributed by atoms with Gasteiger partial charge in [-0.2, -0.15) is 0 Å². The summed E-state index contributed by atoms with van der Waals surface area (Å²) in [5.74, 6) is 1.71. The first-order chi connectivity index (χ1) is 18.2. The van der Waals surface area contributed by atoms with Gasteiger partial charge in [0.2, 0.25) is 0 Å². The molecule has 3 heterocycles. The number of aryl methyl sites for hydroxylation is 1. The molecule has 2 N–H and O–H groups in total. The van der Waals surface area contributed by atoms with E-state index in [1.807, 2.05) is 68.8 Å². The van der Waals surface area contributed by atoms with E-state index in [2.05, 4.69) is 25.8 Å². The predicted octanol–water partition coefficient (Wildman–Crippen LogP) is 6.59. The highest BCUT2D eigenvalue weighted by molar-refractivity contribution is 6.32. The summed E-state index contributed by atoms with van der Waals surface area (Å²) in [4.78, 5) is 20.8. The predicted molar refractivity (Wildman–Crippen MR) is 145 cm³/mol. The molecule has 0 fully saturated rings. The number of nitrogens with zero attached hydrogens (tertiary/aromatic N) is 4. The Morgan fingerprint density at radius 3 is 2.76 bits per heavy atom. The van der Waals surface area contributed by atoms with Gasteiger partial charge in [0.25, 0.3) is 0 Å². The number of nitrogens with one attached hydrogen (secondary N) is 2. The molecule has 38 heavy (non-hydrogen) atoms. The van der Waals surface area contributed by atoms with E-state index in [4.69, 9.17) is 25.6 Å². The van der Waals surface area contributed by atoms with Crippen LogP contribution in [0.5, 0.6) is 11.5 Å². The fourth-order valence-corrected chi connectivity index (χ4v) is 4.23. The van der Waals surface area contributed by atoms with Gasteiger partial charge >= 0.3 is 6.09 Å². The molecule has 5 aromatic rings. The number of fused-ring (bicyclic) bond motifs is 2. The number of benzene rings is 2. The molecule has 0 saturated heterocycles. The quantitative estimate of drug-likeness (QED) is 0.240. The van der Waals surface area contributed by atoms with E-state index in [0.29, 0.717) is 41.0 Å². The lowest BCUT2D eigenvalue weighted by molar-refractivity contribution is 0.0526. The van der Waals surface area contributed by atoms with E-state index in [-0.39, 0.29) is 0 Å². The molecule has 0 radical (unpaired) electrons. The van der Waals surface area contributed by atoms with Crippen LogP contribution in [0.25, 0.3) is 22.0 Å². The summed E-state index contributed by atoms with van der Waals surface area (Å²) in [6.45, 7) is 8.22. The molecule has 0 saturated carbocycles. The minimum absolute atomic E-state index is 0.378. The molecule has 5 rings (SSSR count). The Balaban J connectivity index is 1.32. The average Bonchev–Trinajstić information content (AvgIpc) is 3.44. The number of carbonyl (C=O) groups is 1. The molecule has 196 valence electrons. The van der Waals surface area contributed by atoms with Gasteiger partial charge in [-0.15, -0.1) is 0 Å². The number of amides is 1. The van der Waals surface area contributed by atoms with Crippen molar-refractivity contribution in [1.29, 1.82) is 0 Å². The molecule has 0 atom stereocenters. The molecule has 3 aromatic heterocycles. The molecule has 1 amide bonds. The zero-order valence-electron chi connectivity index (χ0n) is 21.4. The molecular formula is C27H27ClN6O4. The van der Waals surface area contributed by atoms with Crippen molar-refractivity contribution in [3.05, 3.63) is 65.7 Å². The van der Waals surface area contributed by atoms with Crippen LogP contribution in [0, 0.1) is 6.92 Å². The summed E-state index contributed by atoms with van der Waals surface area (Å²) in [6.07, 6.45) is 2.93. The summed E-state index contributed by atoms with van der Waals surface area (Å²) in [6, 6.07) is 12.8. The fourth-order valence-electron chi connectivity index (χ4n) is 4.01. The average molecular weight is 535 g/mol. The highest BCUT2D eigenvalue weighted by Gasteiger charge is 2.17. The first kappa shape index (κ1) is 25.3. The van der Waals surface area contributed by atoms with Crippen LogP contribution >= 0.6 is 11.6 Å². The van der Waals surface area contributed by atoms with Crippen molar-refractivity contribution in [1.82, 2.24) is 25.0 Å². The van der Waals surface area contributed by atoms with E-state index in [1.54, 1.807) is 12.1 Å². The maximum Gasteiger partial charge on any atom is 0.407 e. The smallest absolute Gasteiger partial charge is 0.407 e. The van der Waals surface area contributed by atoms with E-state index in [9.17, 15) is 4.79 Å². The molecule has 10 nitrogen and oxygen atoms in total. The van der Waals surface area contributed by atoms with E-state index >= 15 is 0 Å². The number of rotatable bonds is 7. The Labute approximate surface area is 223 Å². The first-order valence-electron chi connectivity index (χ1n) is 12.0. The van der Waals surface area contributed by atoms with Gasteiger partial charge < -0.3 is 29.2 Å². The van der Waals surface area contributed by atoms with Crippen LogP contribution < -0.4 is 15.4 Å². The second-order valence-electron chi connectivity index (χ2n) is 9.66. The second kappa shape index (κ2) is 10.2. The van der Waals surface area contributed by atoms with Gasteiger partial charge in [0.05, 0.1) is 21.6 Å². The lowest BCUT2D eigenvalue weighted by Crippen LogP contribution is -2.34. The third kappa shape index (κ3) is 5.50. The Kier molecular flexibility index (Phi) is 6.81. The Morgan fingerprint density at radius 2 is 1.97 bits per heavy atom. The van der Waals surface area contributed by atoms with Crippen molar-refractivity contribution in [2.24, 2.45) is 0 Å². The van der Waals surface area contributed by atoms with E-state index in [0.717, 1.165) is 27.8 Å². The van der Waals surface area contributed by atoms with Gasteiger partial charge in [0.1, 0.15) is 28.9 Å². The molecule has 2 aromatic carbocycles. The summed E-state index contributed by atoms with van der Waals surface area (Å²) >= 11 is 6.59. The number of carbonyl (C=O) groups excluding carboxylic acids is 1. The maximum atomic E-state index is 12.0. The Morgan fingerprint density at radius 1 is 1.13 bits per heavy atom. The van der Waals surface area contributed by atoms with E-state index in [1.165, 1.54) is 6.33 Å². The van der Waals surface area contributed by atoms with Gasteiger partial charge in [0.15, 0.2) is 11.4 Å². The van der Waals surface area contributed by atoms with Crippen molar-refractivity contribution >= 4 is 51.2 Å². The van der Waals surface area contributed by atoms with E-state index < -0.39 is 11.7 Å². The molecule has 0 aliphatic rings. The lowest BCUT2D eigenvalue weighted by atomic mass is 10.2. The maximum absolute atomic E-state index is 12.0. The fraction of sp³-hybridized carbons (Fsp3) is 0.259. The molecule has 0 unspecified atom stereocenters. The number of hydrogen-bond acceptors (Lipinski definition) is 8. The number of anilines is 2. The van der Waals surface area contributed by atoms with Crippen LogP contribution in [0.4, 0.5) is 16.3 Å². The van der Waals surface area contributed by atoms with Crippen molar-refractivity contribution in [2.75, 3.05) is 11.9 Å². The number of halogens is 1. The molecule has 11 heteroatoms. The molecule has 0 aliphatic carbocycles. The van der Waals surface area contributed by atoms with Gasteiger partial charge in [0, 0.05) is 25.0 Å². The number of aromatic nitrogens is 4.